The van der Waals surface area contributed by atoms with E-state index < -0.39 is 33.7 Å². The van der Waals surface area contributed by atoms with E-state index in [2.05, 4.69) is 4.98 Å². The second-order valence-corrected chi connectivity index (χ2v) is 10.1. The normalized spacial score (nSPS) is 12.5. The molecule has 11 heteroatoms. The predicted octanol–water partition coefficient (Wildman–Crippen LogP) is 4.23. The summed E-state index contributed by atoms with van der Waals surface area (Å²) in [4.78, 5) is 18.4. The molecule has 0 aromatic carbocycles. The largest absolute Gasteiger partial charge is 0.431 e. The Balaban J connectivity index is 2.78. The van der Waals surface area contributed by atoms with Gasteiger partial charge < -0.3 is 9.47 Å². The van der Waals surface area contributed by atoms with Gasteiger partial charge in [0.2, 0.25) is 0 Å². The number of sulfone groups is 1. The van der Waals surface area contributed by atoms with Crippen LogP contribution in [-0.4, -0.2) is 54.4 Å². The maximum atomic E-state index is 13.9. The summed E-state index contributed by atoms with van der Waals surface area (Å²) in [6.45, 7) is 4.22. The zero-order valence-electron chi connectivity index (χ0n) is 17.2. The first-order chi connectivity index (χ1) is 13.6. The summed E-state index contributed by atoms with van der Waals surface area (Å²) in [6.07, 6.45) is -2.39. The van der Waals surface area contributed by atoms with Crippen LogP contribution in [0.3, 0.4) is 0 Å². The highest BCUT2D eigenvalue weighted by atomic mass is 35.5. The van der Waals surface area contributed by atoms with Gasteiger partial charge >= 0.3 is 6.18 Å². The Bertz CT molecular complexity index is 1050. The number of nitrogens with zero attached hydrogens (tertiary/aromatic N) is 3. The molecule has 0 atom stereocenters. The van der Waals surface area contributed by atoms with E-state index in [0.717, 1.165) is 15.7 Å². The molecule has 0 spiro atoms. The molecule has 2 aromatic heterocycles. The highest BCUT2D eigenvalue weighted by Crippen LogP contribution is 2.42. The highest BCUT2D eigenvalue weighted by Gasteiger charge is 2.42. The van der Waals surface area contributed by atoms with Crippen LogP contribution in [0.1, 0.15) is 41.6 Å². The Kier molecular flexibility index (Phi) is 6.92. The first-order valence-corrected chi connectivity index (χ1v) is 11.5. The summed E-state index contributed by atoms with van der Waals surface area (Å²) in [5.41, 5.74) is -1.05. The molecule has 0 aliphatic rings. The van der Waals surface area contributed by atoms with Gasteiger partial charge in [-0.2, -0.15) is 13.2 Å². The third kappa shape index (κ3) is 5.15. The fraction of sp³-hybridized carbons (Fsp3) is 0.474. The van der Waals surface area contributed by atoms with Crippen molar-refractivity contribution in [2.75, 3.05) is 25.6 Å². The second kappa shape index (κ2) is 8.58. The number of aromatic nitrogens is 2. The monoisotopic (exact) mass is 465 g/mol. The highest BCUT2D eigenvalue weighted by molar-refractivity contribution is 7.90. The van der Waals surface area contributed by atoms with E-state index in [0.29, 0.717) is 5.02 Å². The van der Waals surface area contributed by atoms with Gasteiger partial charge in [0.25, 0.3) is 5.91 Å². The molecule has 0 unspecified atom stereocenters. The summed E-state index contributed by atoms with van der Waals surface area (Å²) < 4.78 is 65.7. The molecule has 0 radical (unpaired) electrons. The number of carbonyl (C=O) groups is 1. The van der Waals surface area contributed by atoms with Gasteiger partial charge in [-0.05, 0) is 38.5 Å². The number of alkyl halides is 3. The van der Waals surface area contributed by atoms with Crippen LogP contribution in [-0.2, 0) is 16.0 Å². The van der Waals surface area contributed by atoms with Gasteiger partial charge in [0.05, 0.1) is 16.5 Å². The Morgan fingerprint density at radius 2 is 1.90 bits per heavy atom. The summed E-state index contributed by atoms with van der Waals surface area (Å²) >= 11 is 5.86. The van der Waals surface area contributed by atoms with Crippen LogP contribution in [0.2, 0.25) is 5.02 Å². The van der Waals surface area contributed by atoms with E-state index in [1.807, 2.05) is 0 Å². The fourth-order valence-electron chi connectivity index (χ4n) is 3.21. The maximum absolute atomic E-state index is 13.9. The molecule has 30 heavy (non-hydrogen) atoms. The number of rotatable bonds is 6. The predicted molar refractivity (Wildman–Crippen MR) is 109 cm³/mol. The Morgan fingerprint density at radius 3 is 2.33 bits per heavy atom. The standard InChI is InChI=1S/C19H23ClF3N3O3S/c1-11(2)26-16(18(27)25(4)8-9-30(5,28)29)15(12(3)17(26)19(21,22)23)14-7-6-13(20)10-24-14/h6-7,10-11H,8-9H2,1-5H3. The molecule has 1 amide bonds. The van der Waals surface area contributed by atoms with Crippen molar-refractivity contribution in [1.82, 2.24) is 14.5 Å². The van der Waals surface area contributed by atoms with Crippen molar-refractivity contribution in [3.05, 3.63) is 40.3 Å². The minimum Gasteiger partial charge on any atom is -0.339 e. The minimum atomic E-state index is -4.71. The quantitative estimate of drug-likeness (QED) is 0.640. The lowest BCUT2D eigenvalue weighted by Gasteiger charge is -2.22. The first kappa shape index (κ1) is 24.2. The average molecular weight is 466 g/mol. The van der Waals surface area contributed by atoms with Gasteiger partial charge in [0.1, 0.15) is 21.2 Å². The molecule has 6 nitrogen and oxygen atoms in total. The van der Waals surface area contributed by atoms with Crippen molar-refractivity contribution >= 4 is 27.3 Å². The molecule has 0 fully saturated rings. The zero-order valence-corrected chi connectivity index (χ0v) is 18.8. The Morgan fingerprint density at radius 1 is 1.30 bits per heavy atom. The van der Waals surface area contributed by atoms with E-state index in [4.69, 9.17) is 11.6 Å². The van der Waals surface area contributed by atoms with Gasteiger partial charge in [0, 0.05) is 37.7 Å². The van der Waals surface area contributed by atoms with Crippen LogP contribution >= 0.6 is 11.6 Å². The average Bonchev–Trinajstić information content (AvgIpc) is 2.92. The molecule has 0 saturated heterocycles. The number of hydrogen-bond donors (Lipinski definition) is 0. The number of hydrogen-bond acceptors (Lipinski definition) is 4. The topological polar surface area (TPSA) is 72.3 Å². The van der Waals surface area contributed by atoms with Gasteiger partial charge in [-0.15, -0.1) is 0 Å². The van der Waals surface area contributed by atoms with Crippen LogP contribution < -0.4 is 0 Å². The maximum Gasteiger partial charge on any atom is 0.431 e. The number of halogens is 4. The Hall–Kier alpha value is -2.07. The smallest absolute Gasteiger partial charge is 0.339 e. The third-order valence-corrected chi connectivity index (χ3v) is 5.71. The van der Waals surface area contributed by atoms with Gasteiger partial charge in [-0.1, -0.05) is 11.6 Å². The van der Waals surface area contributed by atoms with Gasteiger partial charge in [0.15, 0.2) is 0 Å². The lowest BCUT2D eigenvalue weighted by atomic mass is 10.0. The minimum absolute atomic E-state index is 0.0453. The molecular formula is C19H23ClF3N3O3S. The molecule has 2 heterocycles. The third-order valence-electron chi connectivity index (χ3n) is 4.56. The van der Waals surface area contributed by atoms with Crippen molar-refractivity contribution in [1.29, 1.82) is 0 Å². The summed E-state index contributed by atoms with van der Waals surface area (Å²) in [6, 6.07) is 2.23. The second-order valence-electron chi connectivity index (χ2n) is 7.38. The Labute approximate surface area is 178 Å². The van der Waals surface area contributed by atoms with Gasteiger partial charge in [-0.25, -0.2) is 8.42 Å². The van der Waals surface area contributed by atoms with Crippen LogP contribution in [0.25, 0.3) is 11.3 Å². The molecule has 166 valence electrons. The van der Waals surface area contributed by atoms with E-state index in [1.54, 1.807) is 13.8 Å². The fourth-order valence-corrected chi connectivity index (χ4v) is 3.92. The molecule has 0 N–H and O–H groups in total. The summed E-state index contributed by atoms with van der Waals surface area (Å²) in [5.74, 6) is -1.03. The lowest BCUT2D eigenvalue weighted by molar-refractivity contribution is -0.144. The number of carbonyl (C=O) groups excluding carboxylic acids is 1. The zero-order chi connectivity index (χ0) is 23.0. The molecule has 0 saturated carbocycles. The molecular weight excluding hydrogens is 443 g/mol. The number of pyridine rings is 1. The van der Waals surface area contributed by atoms with E-state index in [9.17, 15) is 26.4 Å². The van der Waals surface area contributed by atoms with Crippen LogP contribution in [0.5, 0.6) is 0 Å². The van der Waals surface area contributed by atoms with Crippen molar-refractivity contribution in [3.63, 3.8) is 0 Å². The van der Waals surface area contributed by atoms with E-state index in [-0.39, 0.29) is 34.8 Å². The molecule has 2 aromatic rings. The number of amides is 1. The first-order valence-electron chi connectivity index (χ1n) is 9.02. The van der Waals surface area contributed by atoms with Crippen molar-refractivity contribution in [2.24, 2.45) is 0 Å². The summed E-state index contributed by atoms with van der Waals surface area (Å²) in [5, 5.41) is 0.300. The van der Waals surface area contributed by atoms with Crippen molar-refractivity contribution in [3.8, 4) is 11.3 Å². The van der Waals surface area contributed by atoms with Crippen molar-refractivity contribution < 1.29 is 26.4 Å². The summed E-state index contributed by atoms with van der Waals surface area (Å²) in [7, 11) is -2.01. The van der Waals surface area contributed by atoms with Gasteiger partial charge in [-0.3, -0.25) is 9.78 Å². The van der Waals surface area contributed by atoms with Crippen LogP contribution in [0.4, 0.5) is 13.2 Å². The van der Waals surface area contributed by atoms with Crippen molar-refractivity contribution in [2.45, 2.75) is 33.0 Å². The molecule has 0 bridgehead atoms. The van der Waals surface area contributed by atoms with Crippen LogP contribution in [0, 0.1) is 6.92 Å². The molecule has 0 aliphatic carbocycles. The molecule has 0 aliphatic heterocycles. The van der Waals surface area contributed by atoms with E-state index in [1.165, 1.54) is 32.3 Å². The van der Waals surface area contributed by atoms with Crippen LogP contribution in [0.15, 0.2) is 18.3 Å². The van der Waals surface area contributed by atoms with E-state index >= 15 is 0 Å². The molecule has 2 rings (SSSR count). The lowest BCUT2D eigenvalue weighted by Crippen LogP contribution is -2.34. The SMILES string of the molecule is Cc1c(-c2ccc(Cl)cn2)c(C(=O)N(C)CCS(C)(=O)=O)n(C(C)C)c1C(F)(F)F.